The number of hydrogen-bond donors (Lipinski definition) is 0. The van der Waals surface area contributed by atoms with Crippen LogP contribution in [0.2, 0.25) is 0 Å². The molecule has 0 nitrogen and oxygen atoms in total. The van der Waals surface area contributed by atoms with Gasteiger partial charge in [-0.25, -0.2) is 4.39 Å². The van der Waals surface area contributed by atoms with E-state index in [-0.39, 0.29) is 11.7 Å². The summed E-state index contributed by atoms with van der Waals surface area (Å²) in [5.41, 5.74) is 2.17. The number of rotatable bonds is 3. The molecule has 0 aliphatic heterocycles. The third kappa shape index (κ3) is 2.30. The largest absolute Gasteiger partial charge is 0.207 e. The topological polar surface area (TPSA) is 0 Å². The maximum atomic E-state index is 13.2. The molecule has 16 heavy (non-hydrogen) atoms. The fourth-order valence-corrected chi connectivity index (χ4v) is 1.93. The van der Waals surface area contributed by atoms with Crippen molar-refractivity contribution in [2.24, 2.45) is 0 Å². The minimum absolute atomic E-state index is 0.178. The monoisotopic (exact) mass is 213 g/mol. The first-order valence-electron chi connectivity index (χ1n) is 5.41. The summed E-state index contributed by atoms with van der Waals surface area (Å²) in [6.45, 7) is 3.95. The van der Waals surface area contributed by atoms with Crippen LogP contribution in [0.4, 0.5) is 4.39 Å². The van der Waals surface area contributed by atoms with Crippen LogP contribution in [0.25, 0.3) is 0 Å². The zero-order chi connectivity index (χ0) is 11.4. The molecule has 0 aliphatic carbocycles. The van der Waals surface area contributed by atoms with Crippen LogP contribution in [0.15, 0.2) is 54.6 Å². The first kappa shape index (κ1) is 10.9. The van der Waals surface area contributed by atoms with Crippen LogP contribution in [0.1, 0.15) is 23.5 Å². The van der Waals surface area contributed by atoms with Gasteiger partial charge in [0.05, 0.1) is 0 Å². The number of halogens is 1. The fraction of sp³-hybridized carbons (Fsp3) is 0.133. The molecule has 1 atom stereocenters. The van der Waals surface area contributed by atoms with E-state index in [9.17, 15) is 4.39 Å². The predicted octanol–water partition coefficient (Wildman–Crippen LogP) is 4.18. The third-order valence-corrected chi connectivity index (χ3v) is 2.74. The van der Waals surface area contributed by atoms with E-state index in [0.717, 1.165) is 12.0 Å². The molecule has 0 saturated carbocycles. The first-order valence-corrected chi connectivity index (χ1v) is 5.41. The molecular weight excluding hydrogens is 199 g/mol. The van der Waals surface area contributed by atoms with Crippen molar-refractivity contribution in [2.75, 3.05) is 0 Å². The molecule has 1 unspecified atom stereocenters. The lowest BCUT2D eigenvalue weighted by atomic mass is 9.89. The lowest BCUT2D eigenvalue weighted by molar-refractivity contribution is 0.623. The van der Waals surface area contributed by atoms with Gasteiger partial charge in [0.1, 0.15) is 5.82 Å². The first-order chi connectivity index (χ1) is 7.81. The summed E-state index contributed by atoms with van der Waals surface area (Å²) in [5.74, 6) is -0.0104. The lowest BCUT2D eigenvalue weighted by Crippen LogP contribution is -1.99. The van der Waals surface area contributed by atoms with E-state index >= 15 is 0 Å². The molecule has 2 rings (SSSR count). The van der Waals surface area contributed by atoms with Crippen molar-refractivity contribution < 1.29 is 4.39 Å². The molecule has 0 amide bonds. The molecule has 0 saturated heterocycles. The van der Waals surface area contributed by atoms with Crippen molar-refractivity contribution in [2.45, 2.75) is 12.3 Å². The van der Waals surface area contributed by atoms with Crippen LogP contribution in [-0.2, 0) is 0 Å². The van der Waals surface area contributed by atoms with E-state index in [0.29, 0.717) is 0 Å². The second kappa shape index (κ2) is 4.93. The van der Waals surface area contributed by atoms with Crippen LogP contribution < -0.4 is 0 Å². The molecule has 1 heteroatoms. The standard InChI is InChI=1S/C15H14F/c1-2-15(12-7-4-3-5-8-12)13-9-6-10-14(16)11-13/h3-11,15H,1-2H2. The van der Waals surface area contributed by atoms with Crippen LogP contribution in [-0.4, -0.2) is 0 Å². The molecule has 0 N–H and O–H groups in total. The Morgan fingerprint density at radius 2 is 1.62 bits per heavy atom. The van der Waals surface area contributed by atoms with Crippen LogP contribution in [0.5, 0.6) is 0 Å². The van der Waals surface area contributed by atoms with Crippen LogP contribution >= 0.6 is 0 Å². The quantitative estimate of drug-likeness (QED) is 0.717. The Labute approximate surface area is 95.7 Å². The van der Waals surface area contributed by atoms with Crippen molar-refractivity contribution in [3.63, 3.8) is 0 Å². The average molecular weight is 213 g/mol. The Morgan fingerprint density at radius 1 is 0.938 bits per heavy atom. The van der Waals surface area contributed by atoms with Gasteiger partial charge < -0.3 is 0 Å². The SMILES string of the molecule is [CH2]CC(c1ccccc1)c1cccc(F)c1. The van der Waals surface area contributed by atoms with E-state index in [2.05, 4.69) is 19.1 Å². The van der Waals surface area contributed by atoms with Crippen LogP contribution in [0.3, 0.4) is 0 Å². The van der Waals surface area contributed by atoms with Crippen molar-refractivity contribution in [1.29, 1.82) is 0 Å². The third-order valence-electron chi connectivity index (χ3n) is 2.74. The van der Waals surface area contributed by atoms with Gasteiger partial charge in [0.15, 0.2) is 0 Å². The second-order valence-corrected chi connectivity index (χ2v) is 3.81. The van der Waals surface area contributed by atoms with Gasteiger partial charge in [-0.05, 0) is 29.7 Å². The van der Waals surface area contributed by atoms with Crippen molar-refractivity contribution in [3.05, 3.63) is 78.5 Å². The summed E-state index contributed by atoms with van der Waals surface area (Å²) in [4.78, 5) is 0. The molecule has 81 valence electrons. The van der Waals surface area contributed by atoms with Gasteiger partial charge in [-0.2, -0.15) is 0 Å². The smallest absolute Gasteiger partial charge is 0.123 e. The van der Waals surface area contributed by atoms with E-state index < -0.39 is 0 Å². The fourth-order valence-electron chi connectivity index (χ4n) is 1.93. The summed E-state index contributed by atoms with van der Waals surface area (Å²) < 4.78 is 13.2. The minimum atomic E-state index is -0.188. The molecule has 0 fully saturated rings. The van der Waals surface area contributed by atoms with Crippen molar-refractivity contribution in [1.82, 2.24) is 0 Å². The van der Waals surface area contributed by atoms with Crippen molar-refractivity contribution in [3.8, 4) is 0 Å². The molecule has 2 aromatic rings. The lowest BCUT2D eigenvalue weighted by Gasteiger charge is -2.15. The Morgan fingerprint density at radius 3 is 2.25 bits per heavy atom. The predicted molar refractivity (Wildman–Crippen MR) is 64.7 cm³/mol. The Kier molecular flexibility index (Phi) is 3.35. The van der Waals surface area contributed by atoms with Gasteiger partial charge in [-0.3, -0.25) is 0 Å². The molecule has 0 aromatic heterocycles. The summed E-state index contributed by atoms with van der Waals surface area (Å²) in [5, 5.41) is 0. The van der Waals surface area contributed by atoms with E-state index in [1.165, 1.54) is 11.6 Å². The van der Waals surface area contributed by atoms with Gasteiger partial charge in [0.25, 0.3) is 0 Å². The van der Waals surface area contributed by atoms with Gasteiger partial charge in [0, 0.05) is 5.92 Å². The Bertz CT molecular complexity index is 448. The maximum Gasteiger partial charge on any atom is 0.123 e. The second-order valence-electron chi connectivity index (χ2n) is 3.81. The Balaban J connectivity index is 2.37. The summed E-state index contributed by atoms with van der Waals surface area (Å²) in [6.07, 6.45) is 0.730. The van der Waals surface area contributed by atoms with Gasteiger partial charge in [-0.1, -0.05) is 49.4 Å². The average Bonchev–Trinajstić information content (AvgIpc) is 2.31. The van der Waals surface area contributed by atoms with Crippen LogP contribution in [0, 0.1) is 12.7 Å². The Hall–Kier alpha value is -1.63. The molecular formula is C15H14F. The molecule has 2 aromatic carbocycles. The summed E-state index contributed by atoms with van der Waals surface area (Å²) in [6, 6.07) is 16.8. The number of benzene rings is 2. The van der Waals surface area contributed by atoms with E-state index in [1.807, 2.05) is 24.3 Å². The highest BCUT2D eigenvalue weighted by Crippen LogP contribution is 2.27. The summed E-state index contributed by atoms with van der Waals surface area (Å²) in [7, 11) is 0. The van der Waals surface area contributed by atoms with Gasteiger partial charge >= 0.3 is 0 Å². The molecule has 1 radical (unpaired) electrons. The zero-order valence-corrected chi connectivity index (χ0v) is 9.07. The molecule has 0 bridgehead atoms. The molecule has 0 aliphatic rings. The highest BCUT2D eigenvalue weighted by atomic mass is 19.1. The van der Waals surface area contributed by atoms with Crippen molar-refractivity contribution >= 4 is 0 Å². The number of hydrogen-bond acceptors (Lipinski definition) is 0. The molecule has 0 spiro atoms. The minimum Gasteiger partial charge on any atom is -0.207 e. The van der Waals surface area contributed by atoms with E-state index in [4.69, 9.17) is 0 Å². The zero-order valence-electron chi connectivity index (χ0n) is 9.07. The summed E-state index contributed by atoms with van der Waals surface area (Å²) >= 11 is 0. The van der Waals surface area contributed by atoms with Gasteiger partial charge in [0.2, 0.25) is 0 Å². The highest BCUT2D eigenvalue weighted by molar-refractivity contribution is 5.32. The van der Waals surface area contributed by atoms with E-state index in [1.54, 1.807) is 12.1 Å². The normalized spacial score (nSPS) is 12.4. The van der Waals surface area contributed by atoms with Gasteiger partial charge in [-0.15, -0.1) is 0 Å². The maximum absolute atomic E-state index is 13.2. The molecule has 0 heterocycles. The highest BCUT2D eigenvalue weighted by Gasteiger charge is 2.11.